The number of rotatable bonds is 5. The Labute approximate surface area is 123 Å². The van der Waals surface area contributed by atoms with Crippen LogP contribution in [0.2, 0.25) is 5.28 Å². The van der Waals surface area contributed by atoms with E-state index in [9.17, 15) is 5.11 Å². The molecule has 1 aliphatic rings. The highest BCUT2D eigenvalue weighted by atomic mass is 35.5. The molecule has 0 aliphatic carbocycles. The van der Waals surface area contributed by atoms with E-state index in [0.29, 0.717) is 12.5 Å². The second kappa shape index (κ2) is 5.85. The molecule has 0 saturated carbocycles. The molecule has 0 radical (unpaired) electrons. The molecule has 4 nitrogen and oxygen atoms in total. The highest BCUT2D eigenvalue weighted by molar-refractivity contribution is 7.99. The van der Waals surface area contributed by atoms with Crippen LogP contribution in [-0.2, 0) is 6.42 Å². The molecule has 1 atom stereocenters. The summed E-state index contributed by atoms with van der Waals surface area (Å²) in [6, 6.07) is 0. The molecule has 1 aliphatic heterocycles. The normalized spacial score (nSPS) is 17.4. The van der Waals surface area contributed by atoms with E-state index in [1.165, 1.54) is 0 Å². The molecule has 0 spiro atoms. The molecular weight excluding hydrogens is 282 g/mol. The molecule has 106 valence electrons. The summed E-state index contributed by atoms with van der Waals surface area (Å²) in [7, 11) is 0. The van der Waals surface area contributed by atoms with Crippen molar-refractivity contribution in [3.8, 4) is 0 Å². The minimum absolute atomic E-state index is 0.271. The van der Waals surface area contributed by atoms with Crippen LogP contribution >= 0.6 is 23.4 Å². The fraction of sp³-hybridized carbons (Fsp3) is 0.692. The second-order valence-corrected chi connectivity index (χ2v) is 7.11. The Hall–Kier alpha value is -0.520. The van der Waals surface area contributed by atoms with Crippen molar-refractivity contribution in [2.45, 2.75) is 44.1 Å². The highest BCUT2D eigenvalue weighted by Gasteiger charge is 2.24. The SMILES string of the molecule is CC(C)CC(C)(O)CNc1nc(Cl)nc2c1SCC2. The average Bonchev–Trinajstić information content (AvgIpc) is 2.71. The van der Waals surface area contributed by atoms with E-state index in [1.54, 1.807) is 11.8 Å². The summed E-state index contributed by atoms with van der Waals surface area (Å²) in [6.07, 6.45) is 1.67. The van der Waals surface area contributed by atoms with Crippen molar-refractivity contribution in [1.29, 1.82) is 0 Å². The number of nitrogens with one attached hydrogen (secondary N) is 1. The number of fused-ring (bicyclic) bond motifs is 1. The van der Waals surface area contributed by atoms with E-state index in [1.807, 2.05) is 6.92 Å². The third-order valence-electron chi connectivity index (χ3n) is 2.98. The van der Waals surface area contributed by atoms with Crippen molar-refractivity contribution in [1.82, 2.24) is 9.97 Å². The average molecular weight is 302 g/mol. The van der Waals surface area contributed by atoms with E-state index in [2.05, 4.69) is 29.1 Å². The van der Waals surface area contributed by atoms with Gasteiger partial charge in [-0.1, -0.05) is 13.8 Å². The molecule has 1 aromatic rings. The molecule has 0 saturated heterocycles. The Kier molecular flexibility index (Phi) is 4.58. The van der Waals surface area contributed by atoms with Crippen molar-refractivity contribution in [2.24, 2.45) is 5.92 Å². The monoisotopic (exact) mass is 301 g/mol. The zero-order valence-electron chi connectivity index (χ0n) is 11.5. The van der Waals surface area contributed by atoms with Gasteiger partial charge in [0.15, 0.2) is 0 Å². The van der Waals surface area contributed by atoms with Crippen molar-refractivity contribution < 1.29 is 5.11 Å². The summed E-state index contributed by atoms with van der Waals surface area (Å²) in [6.45, 7) is 6.51. The lowest BCUT2D eigenvalue weighted by Crippen LogP contribution is -2.35. The third kappa shape index (κ3) is 3.97. The van der Waals surface area contributed by atoms with Gasteiger partial charge in [0.2, 0.25) is 5.28 Å². The molecule has 0 aromatic carbocycles. The summed E-state index contributed by atoms with van der Waals surface area (Å²) < 4.78 is 0. The van der Waals surface area contributed by atoms with Crippen LogP contribution in [0.1, 0.15) is 32.9 Å². The zero-order valence-corrected chi connectivity index (χ0v) is 13.1. The smallest absolute Gasteiger partial charge is 0.224 e. The van der Waals surface area contributed by atoms with Crippen LogP contribution in [0.15, 0.2) is 4.90 Å². The number of hydrogen-bond donors (Lipinski definition) is 2. The Bertz CT molecular complexity index is 465. The Morgan fingerprint density at radius 3 is 2.89 bits per heavy atom. The molecule has 2 N–H and O–H groups in total. The Morgan fingerprint density at radius 2 is 2.21 bits per heavy atom. The molecule has 2 rings (SSSR count). The zero-order chi connectivity index (χ0) is 14.0. The van der Waals surface area contributed by atoms with E-state index in [0.717, 1.165) is 35.0 Å². The van der Waals surface area contributed by atoms with Gasteiger partial charge in [-0.25, -0.2) is 4.98 Å². The molecule has 19 heavy (non-hydrogen) atoms. The van der Waals surface area contributed by atoms with E-state index >= 15 is 0 Å². The maximum absolute atomic E-state index is 10.3. The molecular formula is C13H20ClN3OS. The van der Waals surface area contributed by atoms with E-state index in [-0.39, 0.29) is 5.28 Å². The standard InChI is InChI=1S/C13H20ClN3OS/c1-8(2)6-13(3,18)7-15-11-10-9(4-5-19-10)16-12(14)17-11/h8,18H,4-7H2,1-3H3,(H,15,16,17). The van der Waals surface area contributed by atoms with Gasteiger partial charge in [0, 0.05) is 18.7 Å². The summed E-state index contributed by atoms with van der Waals surface area (Å²) in [5.74, 6) is 2.22. The minimum atomic E-state index is -0.748. The number of anilines is 1. The van der Waals surface area contributed by atoms with Crippen LogP contribution in [0.5, 0.6) is 0 Å². The van der Waals surface area contributed by atoms with Crippen LogP contribution in [0.3, 0.4) is 0 Å². The first-order valence-electron chi connectivity index (χ1n) is 6.53. The van der Waals surface area contributed by atoms with E-state index in [4.69, 9.17) is 11.6 Å². The fourth-order valence-corrected chi connectivity index (χ4v) is 3.64. The summed E-state index contributed by atoms with van der Waals surface area (Å²) in [5.41, 5.74) is 0.262. The largest absolute Gasteiger partial charge is 0.388 e. The Morgan fingerprint density at radius 1 is 1.47 bits per heavy atom. The summed E-state index contributed by atoms with van der Waals surface area (Å²) >= 11 is 7.67. The van der Waals surface area contributed by atoms with Crippen LogP contribution in [0.4, 0.5) is 5.82 Å². The number of halogens is 1. The molecule has 2 heterocycles. The minimum Gasteiger partial charge on any atom is -0.388 e. The van der Waals surface area contributed by atoms with Gasteiger partial charge < -0.3 is 10.4 Å². The van der Waals surface area contributed by atoms with Gasteiger partial charge in [0.05, 0.1) is 16.2 Å². The van der Waals surface area contributed by atoms with Crippen molar-refractivity contribution in [3.05, 3.63) is 11.0 Å². The maximum Gasteiger partial charge on any atom is 0.224 e. The number of aliphatic hydroxyl groups is 1. The lowest BCUT2D eigenvalue weighted by atomic mass is 9.94. The van der Waals surface area contributed by atoms with Gasteiger partial charge in [0.25, 0.3) is 0 Å². The molecule has 0 fully saturated rings. The predicted octanol–water partition coefficient (Wildman–Crippen LogP) is 2.99. The van der Waals surface area contributed by atoms with Crippen molar-refractivity contribution in [3.63, 3.8) is 0 Å². The number of aromatic nitrogens is 2. The van der Waals surface area contributed by atoms with Crippen molar-refractivity contribution >= 4 is 29.2 Å². The Balaban J connectivity index is 2.08. The fourth-order valence-electron chi connectivity index (χ4n) is 2.38. The van der Waals surface area contributed by atoms with Crippen LogP contribution in [-0.4, -0.2) is 33.0 Å². The number of thioether (sulfide) groups is 1. The van der Waals surface area contributed by atoms with Crippen LogP contribution < -0.4 is 5.32 Å². The maximum atomic E-state index is 10.3. The highest BCUT2D eigenvalue weighted by Crippen LogP contribution is 2.36. The van der Waals surface area contributed by atoms with Gasteiger partial charge in [-0.2, -0.15) is 4.98 Å². The number of hydrogen-bond acceptors (Lipinski definition) is 5. The quantitative estimate of drug-likeness (QED) is 0.819. The van der Waals surface area contributed by atoms with E-state index < -0.39 is 5.60 Å². The van der Waals surface area contributed by atoms with Gasteiger partial charge in [-0.05, 0) is 30.9 Å². The third-order valence-corrected chi connectivity index (χ3v) is 4.27. The van der Waals surface area contributed by atoms with Crippen LogP contribution in [0, 0.1) is 5.92 Å². The van der Waals surface area contributed by atoms with Gasteiger partial charge >= 0.3 is 0 Å². The number of aryl methyl sites for hydroxylation is 1. The molecule has 0 amide bonds. The van der Waals surface area contributed by atoms with Crippen LogP contribution in [0.25, 0.3) is 0 Å². The summed E-state index contributed by atoms with van der Waals surface area (Å²) in [5, 5.41) is 13.8. The second-order valence-electron chi connectivity index (χ2n) is 5.66. The topological polar surface area (TPSA) is 58.0 Å². The molecule has 6 heteroatoms. The lowest BCUT2D eigenvalue weighted by molar-refractivity contribution is 0.0514. The molecule has 0 bridgehead atoms. The summed E-state index contributed by atoms with van der Waals surface area (Å²) in [4.78, 5) is 9.55. The number of nitrogens with zero attached hydrogens (tertiary/aromatic N) is 2. The van der Waals surface area contributed by atoms with Gasteiger partial charge in [-0.15, -0.1) is 11.8 Å². The molecule has 1 aromatic heterocycles. The van der Waals surface area contributed by atoms with Gasteiger partial charge in [-0.3, -0.25) is 0 Å². The molecule has 1 unspecified atom stereocenters. The first-order chi connectivity index (χ1) is 8.87. The predicted molar refractivity (Wildman–Crippen MR) is 80.0 cm³/mol. The lowest BCUT2D eigenvalue weighted by Gasteiger charge is -2.26. The van der Waals surface area contributed by atoms with Gasteiger partial charge in [0.1, 0.15) is 5.82 Å². The van der Waals surface area contributed by atoms with Crippen molar-refractivity contribution in [2.75, 3.05) is 17.6 Å². The first-order valence-corrected chi connectivity index (χ1v) is 7.89. The first kappa shape index (κ1) is 14.9.